The predicted molar refractivity (Wildman–Crippen MR) is 114 cm³/mol. The van der Waals surface area contributed by atoms with Crippen molar-refractivity contribution in [3.8, 4) is 0 Å². The second-order valence-electron chi connectivity index (χ2n) is 7.27. The van der Waals surface area contributed by atoms with Crippen LogP contribution in [0.15, 0.2) is 54.6 Å². The Balaban J connectivity index is 1.75. The number of aryl methyl sites for hydroxylation is 1. The van der Waals surface area contributed by atoms with E-state index in [-0.39, 0.29) is 11.7 Å². The Morgan fingerprint density at radius 3 is 2.50 bits per heavy atom. The number of Topliss-reactive ketones (excluding diaryl/α,β-unsaturated/α-hetero) is 1. The highest BCUT2D eigenvalue weighted by atomic mass is 32.1. The standard InChI is InChI=1S/C23H25N2O2S/c1-16(2)12-15-21(26)24-19(14-13-17-8-4-3-5-9-17)22(27)23-25-18-10-6-7-11-20(18)28-23/h3-11,15-16,19H,12-14H2,1-2H3,(H,24,26)/t19-/m0/s1. The molecule has 1 aromatic heterocycles. The maximum Gasteiger partial charge on any atom is 0.224 e. The summed E-state index contributed by atoms with van der Waals surface area (Å²) in [5, 5.41) is 3.36. The highest BCUT2D eigenvalue weighted by Crippen LogP contribution is 2.23. The molecule has 1 amide bonds. The highest BCUT2D eigenvalue weighted by Gasteiger charge is 2.25. The first-order valence-corrected chi connectivity index (χ1v) is 10.4. The minimum absolute atomic E-state index is 0.122. The van der Waals surface area contributed by atoms with Gasteiger partial charge in [-0.25, -0.2) is 4.98 Å². The zero-order valence-corrected chi connectivity index (χ0v) is 17.0. The van der Waals surface area contributed by atoms with E-state index in [0.717, 1.165) is 15.8 Å². The molecule has 1 atom stereocenters. The third-order valence-corrected chi connectivity index (χ3v) is 5.53. The van der Waals surface area contributed by atoms with Gasteiger partial charge in [0.05, 0.1) is 16.3 Å². The Hall–Kier alpha value is -2.53. The van der Waals surface area contributed by atoms with E-state index in [1.54, 1.807) is 6.42 Å². The molecular formula is C23H25N2O2S. The van der Waals surface area contributed by atoms with Gasteiger partial charge in [0.25, 0.3) is 0 Å². The number of hydrogen-bond donors (Lipinski definition) is 1. The van der Waals surface area contributed by atoms with E-state index in [4.69, 9.17) is 0 Å². The summed E-state index contributed by atoms with van der Waals surface area (Å²) < 4.78 is 0.977. The van der Waals surface area contributed by atoms with Crippen molar-refractivity contribution in [3.63, 3.8) is 0 Å². The van der Waals surface area contributed by atoms with Gasteiger partial charge in [-0.3, -0.25) is 9.59 Å². The van der Waals surface area contributed by atoms with E-state index in [1.165, 1.54) is 11.3 Å². The van der Waals surface area contributed by atoms with Crippen LogP contribution in [0.5, 0.6) is 0 Å². The minimum atomic E-state index is -0.586. The molecule has 4 nitrogen and oxygen atoms in total. The summed E-state index contributed by atoms with van der Waals surface area (Å²) in [5.41, 5.74) is 1.96. The number of benzene rings is 2. The van der Waals surface area contributed by atoms with Crippen LogP contribution in [-0.2, 0) is 11.2 Å². The third kappa shape index (κ3) is 5.49. The lowest BCUT2D eigenvalue weighted by Crippen LogP contribution is -2.41. The number of nitrogens with zero attached hydrogens (tertiary/aromatic N) is 1. The summed E-state index contributed by atoms with van der Waals surface area (Å²) in [7, 11) is 0. The predicted octanol–water partition coefficient (Wildman–Crippen LogP) is 4.85. The summed E-state index contributed by atoms with van der Waals surface area (Å²) in [5.74, 6) is 0.0816. The fourth-order valence-electron chi connectivity index (χ4n) is 2.92. The van der Waals surface area contributed by atoms with Gasteiger partial charge in [-0.05, 0) is 42.9 Å². The number of carbonyl (C=O) groups is 2. The van der Waals surface area contributed by atoms with E-state index < -0.39 is 6.04 Å². The first-order chi connectivity index (χ1) is 13.5. The number of para-hydroxylation sites is 1. The number of rotatable bonds is 9. The monoisotopic (exact) mass is 393 g/mol. The number of thiazole rings is 1. The van der Waals surface area contributed by atoms with Gasteiger partial charge >= 0.3 is 0 Å². The smallest absolute Gasteiger partial charge is 0.224 e. The fraction of sp³-hybridized carbons (Fsp3) is 0.304. The van der Waals surface area contributed by atoms with Crippen molar-refractivity contribution in [1.29, 1.82) is 0 Å². The van der Waals surface area contributed by atoms with Gasteiger partial charge in [-0.15, -0.1) is 11.3 Å². The van der Waals surface area contributed by atoms with Crippen LogP contribution in [0.2, 0.25) is 0 Å². The lowest BCUT2D eigenvalue weighted by atomic mass is 10.0. The molecule has 2 aromatic carbocycles. The van der Waals surface area contributed by atoms with E-state index in [0.29, 0.717) is 30.2 Å². The van der Waals surface area contributed by atoms with E-state index in [9.17, 15) is 9.59 Å². The molecule has 0 spiro atoms. The molecule has 3 rings (SSSR count). The van der Waals surface area contributed by atoms with Crippen molar-refractivity contribution >= 4 is 33.2 Å². The molecule has 5 heteroatoms. The van der Waals surface area contributed by atoms with Crippen LogP contribution in [0.1, 0.15) is 42.1 Å². The molecule has 0 unspecified atom stereocenters. The van der Waals surface area contributed by atoms with Gasteiger partial charge in [0.15, 0.2) is 5.01 Å². The normalized spacial score (nSPS) is 12.2. The maximum atomic E-state index is 13.1. The summed E-state index contributed by atoms with van der Waals surface area (Å²) in [6.45, 7) is 4.12. The molecule has 0 fully saturated rings. The number of aromatic nitrogens is 1. The Kier molecular flexibility index (Phi) is 6.93. The Bertz CT molecular complexity index is 901. The molecular weight excluding hydrogens is 368 g/mol. The molecule has 145 valence electrons. The molecule has 0 bridgehead atoms. The van der Waals surface area contributed by atoms with Gasteiger partial charge in [0, 0.05) is 6.42 Å². The third-order valence-electron chi connectivity index (χ3n) is 4.48. The Labute approximate surface area is 170 Å². The molecule has 0 aliphatic rings. The summed E-state index contributed by atoms with van der Waals surface area (Å²) >= 11 is 1.38. The summed E-state index contributed by atoms with van der Waals surface area (Å²) in [6.07, 6.45) is 3.57. The van der Waals surface area contributed by atoms with Crippen molar-refractivity contribution < 1.29 is 9.59 Å². The lowest BCUT2D eigenvalue weighted by Gasteiger charge is -2.17. The average molecular weight is 394 g/mol. The SMILES string of the molecule is CC(C)C[CH]C(=O)N[C@@H](CCc1ccccc1)C(=O)c1nc2ccccc2s1. The zero-order valence-electron chi connectivity index (χ0n) is 16.2. The van der Waals surface area contributed by atoms with Crippen LogP contribution in [0.4, 0.5) is 0 Å². The highest BCUT2D eigenvalue weighted by molar-refractivity contribution is 7.20. The molecule has 28 heavy (non-hydrogen) atoms. The van der Waals surface area contributed by atoms with Crippen LogP contribution in [0.25, 0.3) is 10.2 Å². The van der Waals surface area contributed by atoms with Crippen molar-refractivity contribution in [2.45, 2.75) is 39.2 Å². The topological polar surface area (TPSA) is 59.1 Å². The van der Waals surface area contributed by atoms with Crippen LogP contribution >= 0.6 is 11.3 Å². The van der Waals surface area contributed by atoms with Gasteiger partial charge in [0.2, 0.25) is 11.7 Å². The van der Waals surface area contributed by atoms with Gasteiger partial charge < -0.3 is 5.32 Å². The van der Waals surface area contributed by atoms with Crippen LogP contribution in [0.3, 0.4) is 0 Å². The number of fused-ring (bicyclic) bond motifs is 1. The second-order valence-corrected chi connectivity index (χ2v) is 8.30. The van der Waals surface area contributed by atoms with E-state index in [2.05, 4.69) is 24.1 Å². The minimum Gasteiger partial charge on any atom is -0.346 e. The second kappa shape index (κ2) is 9.60. The molecule has 0 saturated heterocycles. The zero-order chi connectivity index (χ0) is 19.9. The number of hydrogen-bond acceptors (Lipinski definition) is 4. The van der Waals surface area contributed by atoms with Gasteiger partial charge in [-0.1, -0.05) is 56.3 Å². The molecule has 1 heterocycles. The Morgan fingerprint density at radius 2 is 1.79 bits per heavy atom. The average Bonchev–Trinajstić information content (AvgIpc) is 3.14. The van der Waals surface area contributed by atoms with E-state index >= 15 is 0 Å². The van der Waals surface area contributed by atoms with Crippen molar-refractivity contribution in [2.75, 3.05) is 0 Å². The largest absolute Gasteiger partial charge is 0.346 e. The van der Waals surface area contributed by atoms with Crippen LogP contribution < -0.4 is 5.32 Å². The molecule has 1 radical (unpaired) electrons. The summed E-state index contributed by atoms with van der Waals surface area (Å²) in [4.78, 5) is 29.9. The van der Waals surface area contributed by atoms with Crippen molar-refractivity contribution in [2.24, 2.45) is 5.92 Å². The first kappa shape index (κ1) is 20.2. The molecule has 0 saturated carbocycles. The molecule has 0 aliphatic heterocycles. The molecule has 3 aromatic rings. The van der Waals surface area contributed by atoms with Crippen molar-refractivity contribution in [1.82, 2.24) is 10.3 Å². The quantitative estimate of drug-likeness (QED) is 0.529. The number of ketones is 1. The van der Waals surface area contributed by atoms with E-state index in [1.807, 2.05) is 54.6 Å². The van der Waals surface area contributed by atoms with Crippen LogP contribution in [-0.4, -0.2) is 22.7 Å². The van der Waals surface area contributed by atoms with Gasteiger partial charge in [-0.2, -0.15) is 0 Å². The summed E-state index contributed by atoms with van der Waals surface area (Å²) in [6, 6.07) is 17.1. The van der Waals surface area contributed by atoms with Gasteiger partial charge in [0.1, 0.15) is 0 Å². The number of amides is 1. The number of nitrogens with one attached hydrogen (secondary N) is 1. The Morgan fingerprint density at radius 1 is 1.07 bits per heavy atom. The van der Waals surface area contributed by atoms with Crippen LogP contribution in [0, 0.1) is 12.3 Å². The fourth-order valence-corrected chi connectivity index (χ4v) is 3.88. The molecule has 0 aliphatic carbocycles. The number of carbonyl (C=O) groups excluding carboxylic acids is 2. The lowest BCUT2D eigenvalue weighted by molar-refractivity contribution is -0.118. The maximum absolute atomic E-state index is 13.1. The van der Waals surface area contributed by atoms with Crippen molar-refractivity contribution in [3.05, 3.63) is 71.6 Å². The first-order valence-electron chi connectivity index (χ1n) is 9.60. The molecule has 1 N–H and O–H groups in total.